The number of rotatable bonds is 4. The first-order valence-corrected chi connectivity index (χ1v) is 5.79. The zero-order valence-corrected chi connectivity index (χ0v) is 9.28. The van der Waals surface area contributed by atoms with Crippen LogP contribution in [0.5, 0.6) is 0 Å². The van der Waals surface area contributed by atoms with E-state index >= 15 is 0 Å². The van der Waals surface area contributed by atoms with Gasteiger partial charge in [-0.25, -0.2) is 0 Å². The number of anilines is 1. The largest absolute Gasteiger partial charge is 0.382 e. The Labute approximate surface area is 91.6 Å². The molecule has 1 aliphatic heterocycles. The summed E-state index contributed by atoms with van der Waals surface area (Å²) in [4.78, 5) is 0. The minimum Gasteiger partial charge on any atom is -0.382 e. The molecule has 1 aliphatic rings. The van der Waals surface area contributed by atoms with Gasteiger partial charge in [-0.1, -0.05) is 25.1 Å². The summed E-state index contributed by atoms with van der Waals surface area (Å²) in [5, 5.41) is 3.59. The number of nitrogens with one attached hydrogen (secondary N) is 1. The molecule has 0 spiro atoms. The van der Waals surface area contributed by atoms with Crippen molar-refractivity contribution in [2.45, 2.75) is 25.8 Å². The van der Waals surface area contributed by atoms with Crippen LogP contribution in [0.4, 0.5) is 5.69 Å². The van der Waals surface area contributed by atoms with Crippen molar-refractivity contribution < 1.29 is 4.74 Å². The Bertz CT molecular complexity index is 280. The molecule has 0 radical (unpaired) electrons. The Kier molecular flexibility index (Phi) is 3.62. The zero-order valence-electron chi connectivity index (χ0n) is 9.28. The second kappa shape index (κ2) is 5.17. The third-order valence-electron chi connectivity index (χ3n) is 3.10. The number of hydrogen-bond donors (Lipinski definition) is 1. The highest BCUT2D eigenvalue weighted by Gasteiger charge is 2.24. The smallest absolute Gasteiger partial charge is 0.0514 e. The summed E-state index contributed by atoms with van der Waals surface area (Å²) >= 11 is 0. The predicted molar refractivity (Wildman–Crippen MR) is 63.1 cm³/mol. The van der Waals surface area contributed by atoms with Crippen LogP contribution >= 0.6 is 0 Å². The summed E-state index contributed by atoms with van der Waals surface area (Å²) in [6.07, 6.45) is 2.35. The Morgan fingerprint density at radius 2 is 2.20 bits per heavy atom. The van der Waals surface area contributed by atoms with Crippen LogP contribution in [0.2, 0.25) is 0 Å². The summed E-state index contributed by atoms with van der Waals surface area (Å²) in [6.45, 7) is 4.08. The molecule has 0 aliphatic carbocycles. The molecule has 2 rings (SSSR count). The third kappa shape index (κ3) is 2.72. The molecule has 0 aromatic heterocycles. The number of hydrogen-bond acceptors (Lipinski definition) is 2. The average Bonchev–Trinajstić information content (AvgIpc) is 2.81. The van der Waals surface area contributed by atoms with Gasteiger partial charge in [0.05, 0.1) is 6.61 Å². The average molecular weight is 205 g/mol. The molecular formula is C13H19NO. The molecular weight excluding hydrogens is 186 g/mol. The van der Waals surface area contributed by atoms with E-state index in [0.29, 0.717) is 12.0 Å². The van der Waals surface area contributed by atoms with Crippen molar-refractivity contribution in [3.63, 3.8) is 0 Å². The van der Waals surface area contributed by atoms with Gasteiger partial charge in [0, 0.05) is 24.3 Å². The van der Waals surface area contributed by atoms with Crippen LogP contribution in [-0.4, -0.2) is 19.3 Å². The highest BCUT2D eigenvalue weighted by Crippen LogP contribution is 2.22. The lowest BCUT2D eigenvalue weighted by molar-refractivity contribution is 0.182. The van der Waals surface area contributed by atoms with Crippen molar-refractivity contribution in [1.82, 2.24) is 0 Å². The van der Waals surface area contributed by atoms with Crippen LogP contribution in [0.25, 0.3) is 0 Å². The topological polar surface area (TPSA) is 21.3 Å². The van der Waals surface area contributed by atoms with Crippen molar-refractivity contribution in [3.05, 3.63) is 30.3 Å². The molecule has 0 saturated carbocycles. The Morgan fingerprint density at radius 1 is 1.40 bits per heavy atom. The molecule has 2 heteroatoms. The number of benzene rings is 1. The first kappa shape index (κ1) is 10.5. The fourth-order valence-corrected chi connectivity index (χ4v) is 2.17. The van der Waals surface area contributed by atoms with E-state index in [-0.39, 0.29) is 0 Å². The van der Waals surface area contributed by atoms with E-state index in [2.05, 4.69) is 36.5 Å². The SMILES string of the molecule is CCC(Nc1ccccc1)C1CCOC1. The molecule has 0 amide bonds. The Morgan fingerprint density at radius 3 is 2.80 bits per heavy atom. The van der Waals surface area contributed by atoms with E-state index in [1.807, 2.05) is 6.07 Å². The molecule has 2 nitrogen and oxygen atoms in total. The lowest BCUT2D eigenvalue weighted by atomic mass is 9.96. The van der Waals surface area contributed by atoms with Crippen LogP contribution in [0.1, 0.15) is 19.8 Å². The molecule has 1 fully saturated rings. The fourth-order valence-electron chi connectivity index (χ4n) is 2.17. The Hall–Kier alpha value is -1.02. The van der Waals surface area contributed by atoms with E-state index < -0.39 is 0 Å². The van der Waals surface area contributed by atoms with Gasteiger partial charge >= 0.3 is 0 Å². The summed E-state index contributed by atoms with van der Waals surface area (Å²) in [6, 6.07) is 11.0. The standard InChI is InChI=1S/C13H19NO/c1-2-13(11-8-9-15-10-11)14-12-6-4-3-5-7-12/h3-7,11,13-14H,2,8-10H2,1H3. The molecule has 2 atom stereocenters. The van der Waals surface area contributed by atoms with Crippen molar-refractivity contribution >= 4 is 5.69 Å². The first-order valence-electron chi connectivity index (χ1n) is 5.79. The lowest BCUT2D eigenvalue weighted by Crippen LogP contribution is -2.28. The van der Waals surface area contributed by atoms with Crippen LogP contribution in [0.15, 0.2) is 30.3 Å². The summed E-state index contributed by atoms with van der Waals surface area (Å²) in [7, 11) is 0. The Balaban J connectivity index is 1.96. The van der Waals surface area contributed by atoms with Gasteiger partial charge in [0.15, 0.2) is 0 Å². The zero-order chi connectivity index (χ0) is 10.5. The van der Waals surface area contributed by atoms with Gasteiger partial charge in [0.25, 0.3) is 0 Å². The molecule has 1 aromatic carbocycles. The van der Waals surface area contributed by atoms with Gasteiger partial charge in [-0.15, -0.1) is 0 Å². The van der Waals surface area contributed by atoms with Crippen molar-refractivity contribution in [2.24, 2.45) is 5.92 Å². The van der Waals surface area contributed by atoms with Crippen molar-refractivity contribution in [2.75, 3.05) is 18.5 Å². The highest BCUT2D eigenvalue weighted by molar-refractivity contribution is 5.43. The second-order valence-corrected chi connectivity index (χ2v) is 4.15. The van der Waals surface area contributed by atoms with Crippen LogP contribution in [-0.2, 0) is 4.74 Å². The van der Waals surface area contributed by atoms with Crippen molar-refractivity contribution in [3.8, 4) is 0 Å². The highest BCUT2D eigenvalue weighted by atomic mass is 16.5. The monoisotopic (exact) mass is 205 g/mol. The van der Waals surface area contributed by atoms with E-state index in [4.69, 9.17) is 4.74 Å². The molecule has 1 N–H and O–H groups in total. The second-order valence-electron chi connectivity index (χ2n) is 4.15. The van der Waals surface area contributed by atoms with Crippen LogP contribution < -0.4 is 5.32 Å². The van der Waals surface area contributed by atoms with Gasteiger partial charge < -0.3 is 10.1 Å². The van der Waals surface area contributed by atoms with Crippen molar-refractivity contribution in [1.29, 1.82) is 0 Å². The molecule has 82 valence electrons. The summed E-state index contributed by atoms with van der Waals surface area (Å²) in [5.41, 5.74) is 1.22. The molecule has 15 heavy (non-hydrogen) atoms. The van der Waals surface area contributed by atoms with Gasteiger partial charge in [-0.05, 0) is 25.0 Å². The van der Waals surface area contributed by atoms with E-state index in [0.717, 1.165) is 19.6 Å². The molecule has 0 bridgehead atoms. The molecule has 2 unspecified atom stereocenters. The molecule has 1 saturated heterocycles. The van der Waals surface area contributed by atoms with E-state index in [9.17, 15) is 0 Å². The number of para-hydroxylation sites is 1. The quantitative estimate of drug-likeness (QED) is 0.816. The van der Waals surface area contributed by atoms with Gasteiger partial charge in [-0.2, -0.15) is 0 Å². The fraction of sp³-hybridized carbons (Fsp3) is 0.538. The van der Waals surface area contributed by atoms with E-state index in [1.165, 1.54) is 12.1 Å². The number of ether oxygens (including phenoxy) is 1. The van der Waals surface area contributed by atoms with Gasteiger partial charge in [0.2, 0.25) is 0 Å². The minimum absolute atomic E-state index is 0.551. The molecule has 1 aromatic rings. The summed E-state index contributed by atoms with van der Waals surface area (Å²) < 4.78 is 5.44. The maximum atomic E-state index is 5.44. The molecule has 1 heterocycles. The van der Waals surface area contributed by atoms with Gasteiger partial charge in [0.1, 0.15) is 0 Å². The minimum atomic E-state index is 0.551. The maximum absolute atomic E-state index is 5.44. The summed E-state index contributed by atoms with van der Waals surface area (Å²) in [5.74, 6) is 0.676. The first-order chi connectivity index (χ1) is 7.40. The predicted octanol–water partition coefficient (Wildman–Crippen LogP) is 2.91. The van der Waals surface area contributed by atoms with Gasteiger partial charge in [-0.3, -0.25) is 0 Å². The lowest BCUT2D eigenvalue weighted by Gasteiger charge is -2.23. The van der Waals surface area contributed by atoms with Crippen LogP contribution in [0.3, 0.4) is 0 Å². The van der Waals surface area contributed by atoms with Crippen LogP contribution in [0, 0.1) is 5.92 Å². The van der Waals surface area contributed by atoms with E-state index in [1.54, 1.807) is 0 Å². The normalized spacial score (nSPS) is 22.6. The third-order valence-corrected chi connectivity index (χ3v) is 3.10. The maximum Gasteiger partial charge on any atom is 0.0514 e.